The molecule has 2 nitrogen and oxygen atoms in total. The number of nitrogens with one attached hydrogen (secondary N) is 1. The van der Waals surface area contributed by atoms with E-state index in [1.165, 1.54) is 6.07 Å². The molecule has 1 aromatic carbocycles. The van der Waals surface area contributed by atoms with Crippen molar-refractivity contribution in [3.63, 3.8) is 0 Å². The summed E-state index contributed by atoms with van der Waals surface area (Å²) >= 11 is 0. The van der Waals surface area contributed by atoms with Crippen molar-refractivity contribution in [2.24, 2.45) is 0 Å². The smallest absolute Gasteiger partial charge is 0.160 e. The van der Waals surface area contributed by atoms with Crippen molar-refractivity contribution in [3.8, 4) is 0 Å². The highest BCUT2D eigenvalue weighted by atomic mass is 19.2. The third kappa shape index (κ3) is 2.65. The minimum Gasteiger partial charge on any atom is -0.382 e. The molecule has 1 fully saturated rings. The second kappa shape index (κ2) is 4.57. The summed E-state index contributed by atoms with van der Waals surface area (Å²) in [6.07, 6.45) is 2.29. The number of hydrogen-bond acceptors (Lipinski definition) is 2. The summed E-state index contributed by atoms with van der Waals surface area (Å²) in [6.45, 7) is 1.44. The van der Waals surface area contributed by atoms with Crippen LogP contribution in [0.25, 0.3) is 0 Å². The molecule has 15 heavy (non-hydrogen) atoms. The first-order valence-electron chi connectivity index (χ1n) is 5.06. The van der Waals surface area contributed by atoms with E-state index < -0.39 is 11.6 Å². The average molecular weight is 213 g/mol. The topological polar surface area (TPSA) is 21.3 Å². The van der Waals surface area contributed by atoms with Gasteiger partial charge in [-0.15, -0.1) is 0 Å². The third-order valence-electron chi connectivity index (χ3n) is 2.48. The van der Waals surface area contributed by atoms with E-state index in [2.05, 4.69) is 5.32 Å². The van der Waals surface area contributed by atoms with Crippen LogP contribution in [0.2, 0.25) is 0 Å². The van der Waals surface area contributed by atoms with Gasteiger partial charge in [0.1, 0.15) is 0 Å². The fourth-order valence-electron chi connectivity index (χ4n) is 1.64. The Balaban J connectivity index is 1.90. The van der Waals surface area contributed by atoms with Crippen molar-refractivity contribution in [2.45, 2.75) is 18.9 Å². The monoisotopic (exact) mass is 213 g/mol. The molecule has 2 rings (SSSR count). The van der Waals surface area contributed by atoms with Gasteiger partial charge in [0.2, 0.25) is 0 Å². The maximum Gasteiger partial charge on any atom is 0.160 e. The highest BCUT2D eigenvalue weighted by Crippen LogP contribution is 2.16. The Kier molecular flexibility index (Phi) is 3.16. The molecule has 0 saturated carbocycles. The Morgan fingerprint density at radius 1 is 1.33 bits per heavy atom. The summed E-state index contributed by atoms with van der Waals surface area (Å²) in [7, 11) is 0. The highest BCUT2D eigenvalue weighted by Gasteiger charge is 2.14. The van der Waals surface area contributed by atoms with Crippen LogP contribution in [0.1, 0.15) is 12.8 Å². The van der Waals surface area contributed by atoms with E-state index >= 15 is 0 Å². The zero-order chi connectivity index (χ0) is 10.7. The number of rotatable bonds is 3. The van der Waals surface area contributed by atoms with Gasteiger partial charge in [0.25, 0.3) is 0 Å². The van der Waals surface area contributed by atoms with E-state index in [9.17, 15) is 8.78 Å². The minimum atomic E-state index is -0.827. The lowest BCUT2D eigenvalue weighted by Gasteiger charge is -2.11. The van der Waals surface area contributed by atoms with Gasteiger partial charge in [0.15, 0.2) is 11.6 Å². The fraction of sp³-hybridized carbons (Fsp3) is 0.455. The Hall–Kier alpha value is -1.16. The lowest BCUT2D eigenvalue weighted by atomic mass is 10.2. The van der Waals surface area contributed by atoms with Crippen molar-refractivity contribution < 1.29 is 13.5 Å². The van der Waals surface area contributed by atoms with Gasteiger partial charge in [-0.3, -0.25) is 0 Å². The molecule has 0 aliphatic carbocycles. The van der Waals surface area contributed by atoms with Crippen LogP contribution in [0.5, 0.6) is 0 Å². The molecule has 0 bridgehead atoms. The van der Waals surface area contributed by atoms with Crippen LogP contribution in [-0.2, 0) is 4.74 Å². The molecule has 1 atom stereocenters. The Morgan fingerprint density at radius 2 is 2.20 bits per heavy atom. The third-order valence-corrected chi connectivity index (χ3v) is 2.48. The molecule has 0 amide bonds. The zero-order valence-electron chi connectivity index (χ0n) is 8.30. The molecule has 0 spiro atoms. The normalized spacial score (nSPS) is 20.5. The van der Waals surface area contributed by atoms with Gasteiger partial charge in [-0.2, -0.15) is 0 Å². The first-order chi connectivity index (χ1) is 7.25. The van der Waals surface area contributed by atoms with Crippen molar-refractivity contribution in [1.29, 1.82) is 0 Å². The lowest BCUT2D eigenvalue weighted by Crippen LogP contribution is -2.18. The van der Waals surface area contributed by atoms with E-state index in [1.807, 2.05) is 0 Å². The van der Waals surface area contributed by atoms with E-state index in [0.717, 1.165) is 31.6 Å². The highest BCUT2D eigenvalue weighted by molar-refractivity contribution is 5.43. The summed E-state index contributed by atoms with van der Waals surface area (Å²) in [5.41, 5.74) is 0.587. The van der Waals surface area contributed by atoms with E-state index in [4.69, 9.17) is 4.74 Å². The molecular formula is C11H13F2NO. The van der Waals surface area contributed by atoms with Crippen LogP contribution in [0.3, 0.4) is 0 Å². The number of benzene rings is 1. The Bertz CT molecular complexity index is 337. The molecule has 1 aliphatic heterocycles. The molecule has 0 radical (unpaired) electrons. The maximum absolute atomic E-state index is 12.8. The molecule has 1 heterocycles. The second-order valence-electron chi connectivity index (χ2n) is 3.64. The number of ether oxygens (including phenoxy) is 1. The molecule has 1 saturated heterocycles. The maximum atomic E-state index is 12.8. The van der Waals surface area contributed by atoms with Gasteiger partial charge in [0, 0.05) is 24.9 Å². The molecule has 4 heteroatoms. The SMILES string of the molecule is Fc1ccc(NCC2CCCO2)cc1F. The van der Waals surface area contributed by atoms with Gasteiger partial charge in [-0.25, -0.2) is 8.78 Å². The first-order valence-corrected chi connectivity index (χ1v) is 5.06. The largest absolute Gasteiger partial charge is 0.382 e. The van der Waals surface area contributed by atoms with E-state index in [-0.39, 0.29) is 6.10 Å². The van der Waals surface area contributed by atoms with Crippen molar-refractivity contribution >= 4 is 5.69 Å². The standard InChI is InChI=1S/C11H13F2NO/c12-10-4-3-8(6-11(10)13)14-7-9-2-1-5-15-9/h3-4,6,9,14H,1-2,5,7H2. The van der Waals surface area contributed by atoms with Crippen molar-refractivity contribution in [1.82, 2.24) is 0 Å². The zero-order valence-corrected chi connectivity index (χ0v) is 8.30. The van der Waals surface area contributed by atoms with Crippen LogP contribution in [0, 0.1) is 11.6 Å². The van der Waals surface area contributed by atoms with Gasteiger partial charge < -0.3 is 10.1 Å². The number of halogens is 2. The number of hydrogen-bond donors (Lipinski definition) is 1. The predicted octanol–water partition coefficient (Wildman–Crippen LogP) is 2.56. The summed E-state index contributed by atoms with van der Waals surface area (Å²) < 4.78 is 30.8. The predicted molar refractivity (Wildman–Crippen MR) is 53.8 cm³/mol. The van der Waals surface area contributed by atoms with E-state index in [0.29, 0.717) is 12.2 Å². The molecule has 1 aliphatic rings. The van der Waals surface area contributed by atoms with Crippen LogP contribution in [-0.4, -0.2) is 19.3 Å². The van der Waals surface area contributed by atoms with Crippen molar-refractivity contribution in [2.75, 3.05) is 18.5 Å². The summed E-state index contributed by atoms with van der Waals surface area (Å²) in [5.74, 6) is -1.65. The molecule has 1 unspecified atom stereocenters. The van der Waals surface area contributed by atoms with Crippen LogP contribution < -0.4 is 5.32 Å². The molecule has 0 aromatic heterocycles. The summed E-state index contributed by atoms with van der Waals surface area (Å²) in [4.78, 5) is 0. The molecule has 82 valence electrons. The first kappa shape index (κ1) is 10.4. The molecular weight excluding hydrogens is 200 g/mol. The fourth-order valence-corrected chi connectivity index (χ4v) is 1.64. The average Bonchev–Trinajstić information content (AvgIpc) is 2.73. The van der Waals surface area contributed by atoms with Gasteiger partial charge in [-0.1, -0.05) is 0 Å². The minimum absolute atomic E-state index is 0.193. The molecule has 1 aromatic rings. The second-order valence-corrected chi connectivity index (χ2v) is 3.64. The quantitative estimate of drug-likeness (QED) is 0.833. The molecule has 1 N–H and O–H groups in total. The van der Waals surface area contributed by atoms with Crippen LogP contribution in [0.15, 0.2) is 18.2 Å². The Morgan fingerprint density at radius 3 is 2.87 bits per heavy atom. The van der Waals surface area contributed by atoms with Crippen LogP contribution >= 0.6 is 0 Å². The Labute approximate surface area is 87.2 Å². The lowest BCUT2D eigenvalue weighted by molar-refractivity contribution is 0.120. The summed E-state index contributed by atoms with van der Waals surface area (Å²) in [6, 6.07) is 3.80. The van der Waals surface area contributed by atoms with Gasteiger partial charge in [-0.05, 0) is 25.0 Å². The van der Waals surface area contributed by atoms with Gasteiger partial charge >= 0.3 is 0 Å². The van der Waals surface area contributed by atoms with Crippen molar-refractivity contribution in [3.05, 3.63) is 29.8 Å². The number of anilines is 1. The summed E-state index contributed by atoms with van der Waals surface area (Å²) in [5, 5.41) is 3.02. The van der Waals surface area contributed by atoms with Gasteiger partial charge in [0.05, 0.1) is 6.10 Å². The van der Waals surface area contributed by atoms with Crippen LogP contribution in [0.4, 0.5) is 14.5 Å². The van der Waals surface area contributed by atoms with E-state index in [1.54, 1.807) is 0 Å².